The van der Waals surface area contributed by atoms with E-state index in [-0.39, 0.29) is 34.5 Å². The van der Waals surface area contributed by atoms with Crippen molar-refractivity contribution in [1.82, 2.24) is 20.1 Å². The van der Waals surface area contributed by atoms with Crippen LogP contribution in [0.4, 0.5) is 10.2 Å². The minimum Gasteiger partial charge on any atom is -0.354 e. The molecule has 2 heterocycles. The van der Waals surface area contributed by atoms with Crippen LogP contribution in [0.25, 0.3) is 0 Å². The van der Waals surface area contributed by atoms with E-state index >= 15 is 0 Å². The van der Waals surface area contributed by atoms with E-state index in [9.17, 15) is 14.0 Å². The second-order valence-electron chi connectivity index (χ2n) is 8.59. The Labute approximate surface area is 208 Å². The Morgan fingerprint density at radius 2 is 1.77 bits per heavy atom. The molecule has 1 aliphatic carbocycles. The van der Waals surface area contributed by atoms with Gasteiger partial charge in [-0.2, -0.15) is 5.10 Å². The van der Waals surface area contributed by atoms with E-state index in [4.69, 9.17) is 11.6 Å². The molecule has 2 N–H and O–H groups in total. The monoisotopic (exact) mass is 493 g/mol. The minimum atomic E-state index is -0.391. The van der Waals surface area contributed by atoms with Gasteiger partial charge in [0.25, 0.3) is 5.91 Å². The smallest absolute Gasteiger partial charge is 0.276 e. The third-order valence-corrected chi connectivity index (χ3v) is 6.20. The Bertz CT molecular complexity index is 1300. The SMILES string of the molecule is CC(=O)N[C@H]1CC[C@H](n2ncc(Cl)c2C(=O)Nc2ncc(C#Cc3ccc(F)cc3)cc2C)CC1. The zero-order valence-corrected chi connectivity index (χ0v) is 20.2. The van der Waals surface area contributed by atoms with Crippen LogP contribution in [0.5, 0.6) is 0 Å². The van der Waals surface area contributed by atoms with E-state index in [0.29, 0.717) is 16.9 Å². The third-order valence-electron chi connectivity index (χ3n) is 5.92. The number of rotatable bonds is 4. The molecule has 3 aromatic rings. The Kier molecular flexibility index (Phi) is 7.47. The third kappa shape index (κ3) is 6.06. The number of amides is 2. The molecule has 0 aliphatic heterocycles. The van der Waals surface area contributed by atoms with Gasteiger partial charge in [-0.25, -0.2) is 9.37 Å². The largest absolute Gasteiger partial charge is 0.354 e. The number of carbonyl (C=O) groups is 2. The van der Waals surface area contributed by atoms with Gasteiger partial charge in [-0.05, 0) is 68.5 Å². The van der Waals surface area contributed by atoms with E-state index < -0.39 is 5.91 Å². The highest BCUT2D eigenvalue weighted by molar-refractivity contribution is 6.34. The number of carbonyl (C=O) groups excluding carboxylic acids is 2. The quantitative estimate of drug-likeness (QED) is 0.518. The molecule has 35 heavy (non-hydrogen) atoms. The summed E-state index contributed by atoms with van der Waals surface area (Å²) in [5.41, 5.74) is 2.39. The van der Waals surface area contributed by atoms with Crippen LogP contribution in [0, 0.1) is 24.6 Å². The first-order valence-electron chi connectivity index (χ1n) is 11.4. The maximum absolute atomic E-state index is 13.1. The molecule has 1 saturated carbocycles. The second-order valence-corrected chi connectivity index (χ2v) is 9.00. The van der Waals surface area contributed by atoms with Gasteiger partial charge in [0.15, 0.2) is 0 Å². The van der Waals surface area contributed by atoms with Gasteiger partial charge in [0.1, 0.15) is 17.3 Å². The fraction of sp³-hybridized carbons (Fsp3) is 0.308. The lowest BCUT2D eigenvalue weighted by Gasteiger charge is -2.29. The number of pyridine rings is 1. The molecule has 9 heteroatoms. The molecule has 0 unspecified atom stereocenters. The van der Waals surface area contributed by atoms with Crippen molar-refractivity contribution in [3.05, 3.63) is 75.9 Å². The molecule has 1 aromatic carbocycles. The Balaban J connectivity index is 1.45. The first-order valence-corrected chi connectivity index (χ1v) is 11.7. The van der Waals surface area contributed by atoms with Gasteiger partial charge >= 0.3 is 0 Å². The van der Waals surface area contributed by atoms with Crippen molar-refractivity contribution >= 4 is 29.2 Å². The van der Waals surface area contributed by atoms with Crippen LogP contribution < -0.4 is 10.6 Å². The minimum absolute atomic E-state index is 0.0198. The van der Waals surface area contributed by atoms with Crippen molar-refractivity contribution < 1.29 is 14.0 Å². The summed E-state index contributed by atoms with van der Waals surface area (Å²) in [6, 6.07) is 7.91. The van der Waals surface area contributed by atoms with E-state index in [0.717, 1.165) is 31.2 Å². The zero-order chi connectivity index (χ0) is 24.9. The predicted octanol–water partition coefficient (Wildman–Crippen LogP) is 4.65. The van der Waals surface area contributed by atoms with E-state index in [1.807, 2.05) is 13.0 Å². The molecular formula is C26H25ClFN5O2. The predicted molar refractivity (Wildman–Crippen MR) is 132 cm³/mol. The highest BCUT2D eigenvalue weighted by atomic mass is 35.5. The highest BCUT2D eigenvalue weighted by Crippen LogP contribution is 2.31. The average molecular weight is 494 g/mol. The number of benzene rings is 1. The van der Waals surface area contributed by atoms with Crippen molar-refractivity contribution in [3.8, 4) is 11.8 Å². The molecule has 1 aliphatic rings. The van der Waals surface area contributed by atoms with Gasteiger partial charge in [0.2, 0.25) is 5.91 Å². The number of hydrogen-bond donors (Lipinski definition) is 2. The molecule has 4 rings (SSSR count). The average Bonchev–Trinajstić information content (AvgIpc) is 3.22. The Hall–Kier alpha value is -3.70. The van der Waals surface area contributed by atoms with E-state index in [1.165, 1.54) is 25.3 Å². The van der Waals surface area contributed by atoms with Crippen molar-refractivity contribution in [2.24, 2.45) is 0 Å². The van der Waals surface area contributed by atoms with Crippen LogP contribution in [0.3, 0.4) is 0 Å². The molecule has 0 radical (unpaired) electrons. The normalized spacial score (nSPS) is 17.3. The van der Waals surface area contributed by atoms with Gasteiger partial charge in [0, 0.05) is 30.3 Å². The Morgan fingerprint density at radius 3 is 2.43 bits per heavy atom. The summed E-state index contributed by atoms with van der Waals surface area (Å²) in [4.78, 5) is 28.8. The van der Waals surface area contributed by atoms with Crippen molar-refractivity contribution in [3.63, 3.8) is 0 Å². The number of nitrogens with one attached hydrogen (secondary N) is 2. The number of nitrogens with zero attached hydrogens (tertiary/aromatic N) is 3. The molecule has 7 nitrogen and oxygen atoms in total. The lowest BCUT2D eigenvalue weighted by atomic mass is 9.91. The van der Waals surface area contributed by atoms with E-state index in [2.05, 4.69) is 32.6 Å². The van der Waals surface area contributed by atoms with E-state index in [1.54, 1.807) is 23.0 Å². The number of anilines is 1. The van der Waals surface area contributed by atoms with Gasteiger partial charge in [-0.15, -0.1) is 0 Å². The lowest BCUT2D eigenvalue weighted by Crippen LogP contribution is -2.37. The maximum atomic E-state index is 13.1. The molecule has 2 aromatic heterocycles. The first-order chi connectivity index (χ1) is 16.8. The van der Waals surface area contributed by atoms with Gasteiger partial charge in [0.05, 0.1) is 17.3 Å². The van der Waals surface area contributed by atoms with Gasteiger partial charge < -0.3 is 10.6 Å². The van der Waals surface area contributed by atoms with Crippen molar-refractivity contribution in [1.29, 1.82) is 0 Å². The topological polar surface area (TPSA) is 88.9 Å². The van der Waals surface area contributed by atoms with Crippen LogP contribution in [0.1, 0.15) is 65.8 Å². The summed E-state index contributed by atoms with van der Waals surface area (Å²) in [5.74, 6) is 5.63. The molecule has 0 bridgehead atoms. The summed E-state index contributed by atoms with van der Waals surface area (Å²) < 4.78 is 14.7. The van der Waals surface area contributed by atoms with Crippen LogP contribution in [-0.2, 0) is 4.79 Å². The van der Waals surface area contributed by atoms with Crippen LogP contribution in [0.2, 0.25) is 5.02 Å². The van der Waals surface area contributed by atoms with Gasteiger partial charge in [-0.1, -0.05) is 23.4 Å². The summed E-state index contributed by atoms with van der Waals surface area (Å²) >= 11 is 6.33. The molecular weight excluding hydrogens is 469 g/mol. The summed E-state index contributed by atoms with van der Waals surface area (Å²) in [6.45, 7) is 3.34. The van der Waals surface area contributed by atoms with Gasteiger partial charge in [-0.3, -0.25) is 14.3 Å². The standard InChI is InChI=1S/C26H25ClFN5O2/c1-16-13-19(4-3-18-5-7-20(28)8-6-18)14-29-25(16)32-26(35)24-23(27)15-30-33(24)22-11-9-21(10-12-22)31-17(2)34/h5-8,13-15,21-22H,9-12H2,1-2H3,(H,31,34)(H,29,32,35)/t21-,22-. The summed E-state index contributed by atoms with van der Waals surface area (Å²) in [5, 5.41) is 10.4. The molecule has 1 fully saturated rings. The molecule has 2 amide bonds. The zero-order valence-electron chi connectivity index (χ0n) is 19.4. The fourth-order valence-electron chi connectivity index (χ4n) is 4.20. The first kappa shape index (κ1) is 24.4. The molecule has 0 atom stereocenters. The second kappa shape index (κ2) is 10.7. The fourth-order valence-corrected chi connectivity index (χ4v) is 4.42. The summed E-state index contributed by atoms with van der Waals surface area (Å²) in [7, 11) is 0. The maximum Gasteiger partial charge on any atom is 0.276 e. The van der Waals surface area contributed by atoms with Crippen molar-refractivity contribution in [2.45, 2.75) is 51.6 Å². The molecule has 0 saturated heterocycles. The highest BCUT2D eigenvalue weighted by Gasteiger charge is 2.28. The number of halogens is 2. The number of aryl methyl sites for hydroxylation is 1. The number of hydrogen-bond acceptors (Lipinski definition) is 4. The number of aromatic nitrogens is 3. The summed E-state index contributed by atoms with van der Waals surface area (Å²) in [6.07, 6.45) is 6.23. The lowest BCUT2D eigenvalue weighted by molar-refractivity contribution is -0.119. The van der Waals surface area contributed by atoms with Crippen LogP contribution in [0.15, 0.2) is 42.7 Å². The Morgan fingerprint density at radius 1 is 1.09 bits per heavy atom. The molecule has 0 spiro atoms. The molecule has 180 valence electrons. The van der Waals surface area contributed by atoms with Crippen LogP contribution >= 0.6 is 11.6 Å². The van der Waals surface area contributed by atoms with Crippen LogP contribution in [-0.4, -0.2) is 32.6 Å². The van der Waals surface area contributed by atoms with Crippen molar-refractivity contribution in [2.75, 3.05) is 5.32 Å².